The number of rotatable bonds is 24. The lowest BCUT2D eigenvalue weighted by atomic mass is 9.80. The number of ether oxygens (including phenoxy) is 1. The molecule has 3 aromatic rings. The molecule has 0 bridgehead atoms. The molecule has 0 heterocycles. The van der Waals surface area contributed by atoms with Gasteiger partial charge in [-0.3, -0.25) is 0 Å². The van der Waals surface area contributed by atoms with Crippen LogP contribution in [0.25, 0.3) is 0 Å². The van der Waals surface area contributed by atoms with E-state index in [1.807, 2.05) is 18.2 Å². The van der Waals surface area contributed by atoms with Gasteiger partial charge in [0.05, 0.1) is 12.7 Å². The first-order valence-electron chi connectivity index (χ1n) is 17.3. The molecule has 3 aromatic carbocycles. The predicted molar refractivity (Wildman–Crippen MR) is 180 cm³/mol. The molecule has 0 spiro atoms. The Kier molecular flexibility index (Phi) is 17.3. The fourth-order valence-corrected chi connectivity index (χ4v) is 6.18. The second-order valence-corrected chi connectivity index (χ2v) is 12.2. The van der Waals surface area contributed by atoms with Crippen LogP contribution in [0.4, 0.5) is 0 Å². The van der Waals surface area contributed by atoms with Crippen LogP contribution in [0, 0.1) is 0 Å². The summed E-state index contributed by atoms with van der Waals surface area (Å²) in [5.74, 6) is 0. The summed E-state index contributed by atoms with van der Waals surface area (Å²) in [5, 5.41) is 11.0. The molecule has 0 saturated carbocycles. The fraction of sp³-hybridized carbons (Fsp3) is 0.550. The standard InChI is InChI=1S/C40H58O2/c1-2-3-4-5-6-7-8-9-10-11-12-13-14-15-16-17-27-34-39(41)35-42-40(36-28-21-18-22-29-36,37-30-23-19-24-31-37)38-32-25-20-26-33-38/h18-26,28-33,39,41H,2-17,27,34-35H2,1H3. The second-order valence-electron chi connectivity index (χ2n) is 12.2. The summed E-state index contributed by atoms with van der Waals surface area (Å²) in [4.78, 5) is 0. The quantitative estimate of drug-likeness (QED) is 0.0857. The van der Waals surface area contributed by atoms with E-state index in [-0.39, 0.29) is 0 Å². The lowest BCUT2D eigenvalue weighted by molar-refractivity contribution is -0.0405. The average molecular weight is 571 g/mol. The summed E-state index contributed by atoms with van der Waals surface area (Å²) in [7, 11) is 0. The van der Waals surface area contributed by atoms with Crippen molar-refractivity contribution in [1.82, 2.24) is 0 Å². The van der Waals surface area contributed by atoms with Gasteiger partial charge in [-0.1, -0.05) is 207 Å². The van der Waals surface area contributed by atoms with Gasteiger partial charge in [0.2, 0.25) is 0 Å². The number of hydrogen-bond donors (Lipinski definition) is 1. The van der Waals surface area contributed by atoms with Crippen LogP contribution in [-0.4, -0.2) is 17.8 Å². The lowest BCUT2D eigenvalue weighted by Gasteiger charge is -2.36. The third-order valence-electron chi connectivity index (χ3n) is 8.67. The van der Waals surface area contributed by atoms with Crippen molar-refractivity contribution in [2.45, 2.75) is 134 Å². The van der Waals surface area contributed by atoms with Crippen molar-refractivity contribution in [3.8, 4) is 0 Å². The highest BCUT2D eigenvalue weighted by Gasteiger charge is 2.37. The third kappa shape index (κ3) is 12.1. The van der Waals surface area contributed by atoms with E-state index in [1.165, 1.54) is 103 Å². The van der Waals surface area contributed by atoms with Gasteiger partial charge in [-0.25, -0.2) is 0 Å². The van der Waals surface area contributed by atoms with E-state index >= 15 is 0 Å². The number of aliphatic hydroxyl groups is 1. The molecule has 2 nitrogen and oxygen atoms in total. The second kappa shape index (κ2) is 21.3. The number of unbranched alkanes of at least 4 members (excludes halogenated alkanes) is 16. The van der Waals surface area contributed by atoms with Crippen molar-refractivity contribution in [1.29, 1.82) is 0 Å². The molecule has 2 heteroatoms. The lowest BCUT2D eigenvalue weighted by Crippen LogP contribution is -2.35. The molecule has 1 unspecified atom stereocenters. The van der Waals surface area contributed by atoms with Gasteiger partial charge in [-0.15, -0.1) is 0 Å². The first kappa shape index (κ1) is 34.1. The highest BCUT2D eigenvalue weighted by molar-refractivity contribution is 5.47. The Morgan fingerprint density at radius 1 is 0.476 bits per heavy atom. The van der Waals surface area contributed by atoms with E-state index < -0.39 is 11.7 Å². The minimum atomic E-state index is -0.765. The average Bonchev–Trinajstić information content (AvgIpc) is 3.04. The van der Waals surface area contributed by atoms with E-state index in [1.54, 1.807) is 0 Å². The predicted octanol–water partition coefficient (Wildman–Crippen LogP) is 11.4. The summed E-state index contributed by atoms with van der Waals surface area (Å²) in [6.07, 6.45) is 23.5. The Morgan fingerprint density at radius 2 is 0.786 bits per heavy atom. The van der Waals surface area contributed by atoms with Crippen molar-refractivity contribution in [3.05, 3.63) is 108 Å². The molecule has 3 rings (SSSR count). The summed E-state index contributed by atoms with van der Waals surface area (Å²) in [5.41, 5.74) is 2.46. The topological polar surface area (TPSA) is 29.5 Å². The number of benzene rings is 3. The summed E-state index contributed by atoms with van der Waals surface area (Å²) in [6.45, 7) is 2.59. The first-order valence-corrected chi connectivity index (χ1v) is 17.3. The van der Waals surface area contributed by atoms with Gasteiger partial charge in [0.15, 0.2) is 0 Å². The van der Waals surface area contributed by atoms with E-state index in [4.69, 9.17) is 4.74 Å². The smallest absolute Gasteiger partial charge is 0.143 e. The summed E-state index contributed by atoms with van der Waals surface area (Å²) >= 11 is 0. The maximum absolute atomic E-state index is 11.0. The van der Waals surface area contributed by atoms with Crippen molar-refractivity contribution in [2.75, 3.05) is 6.61 Å². The zero-order valence-electron chi connectivity index (χ0n) is 26.5. The van der Waals surface area contributed by atoms with Crippen LogP contribution in [0.15, 0.2) is 91.0 Å². The Morgan fingerprint density at radius 3 is 1.12 bits per heavy atom. The van der Waals surface area contributed by atoms with Crippen LogP contribution in [-0.2, 0) is 10.3 Å². The van der Waals surface area contributed by atoms with Gasteiger partial charge in [0, 0.05) is 0 Å². The Balaban J connectivity index is 1.33. The van der Waals surface area contributed by atoms with E-state index in [0.717, 1.165) is 29.5 Å². The highest BCUT2D eigenvalue weighted by atomic mass is 16.5. The molecule has 0 saturated heterocycles. The van der Waals surface area contributed by atoms with E-state index in [9.17, 15) is 5.11 Å². The van der Waals surface area contributed by atoms with Gasteiger partial charge in [-0.2, -0.15) is 0 Å². The molecule has 230 valence electrons. The van der Waals surface area contributed by atoms with Gasteiger partial charge >= 0.3 is 0 Å². The van der Waals surface area contributed by atoms with Crippen molar-refractivity contribution in [2.24, 2.45) is 0 Å². The minimum Gasteiger partial charge on any atom is -0.391 e. The Hall–Kier alpha value is -2.42. The highest BCUT2D eigenvalue weighted by Crippen LogP contribution is 2.40. The summed E-state index contributed by atoms with van der Waals surface area (Å²) < 4.78 is 6.78. The molecule has 0 radical (unpaired) electrons. The van der Waals surface area contributed by atoms with Crippen LogP contribution in [0.3, 0.4) is 0 Å². The monoisotopic (exact) mass is 570 g/mol. The molecular formula is C40H58O2. The minimum absolute atomic E-state index is 0.303. The molecule has 1 N–H and O–H groups in total. The van der Waals surface area contributed by atoms with E-state index in [0.29, 0.717) is 6.61 Å². The molecule has 0 aliphatic rings. The molecule has 0 aliphatic carbocycles. The van der Waals surface area contributed by atoms with Crippen molar-refractivity contribution < 1.29 is 9.84 Å². The zero-order chi connectivity index (χ0) is 29.6. The molecule has 1 atom stereocenters. The Bertz CT molecular complexity index is 921. The maximum Gasteiger partial charge on any atom is 0.143 e. The van der Waals surface area contributed by atoms with Gasteiger partial charge in [-0.05, 0) is 23.1 Å². The van der Waals surface area contributed by atoms with Gasteiger partial charge in [0.1, 0.15) is 5.60 Å². The van der Waals surface area contributed by atoms with Crippen molar-refractivity contribution >= 4 is 0 Å². The first-order chi connectivity index (χ1) is 20.8. The Labute approximate surface area is 257 Å². The van der Waals surface area contributed by atoms with Gasteiger partial charge in [0.25, 0.3) is 0 Å². The van der Waals surface area contributed by atoms with Crippen LogP contribution in [0.5, 0.6) is 0 Å². The summed E-state index contributed by atoms with van der Waals surface area (Å²) in [6, 6.07) is 31.3. The van der Waals surface area contributed by atoms with E-state index in [2.05, 4.69) is 79.7 Å². The van der Waals surface area contributed by atoms with Crippen LogP contribution in [0.1, 0.15) is 139 Å². The molecule has 0 aromatic heterocycles. The van der Waals surface area contributed by atoms with Crippen LogP contribution < -0.4 is 0 Å². The molecular weight excluding hydrogens is 512 g/mol. The third-order valence-corrected chi connectivity index (χ3v) is 8.67. The molecule has 0 fully saturated rings. The molecule has 42 heavy (non-hydrogen) atoms. The van der Waals surface area contributed by atoms with Crippen LogP contribution in [0.2, 0.25) is 0 Å². The largest absolute Gasteiger partial charge is 0.391 e. The van der Waals surface area contributed by atoms with Crippen LogP contribution >= 0.6 is 0 Å². The molecule has 0 aliphatic heterocycles. The maximum atomic E-state index is 11.0. The number of aliphatic hydroxyl groups excluding tert-OH is 1. The molecule has 0 amide bonds. The number of hydrogen-bond acceptors (Lipinski definition) is 2. The zero-order valence-corrected chi connectivity index (χ0v) is 26.5. The fourth-order valence-electron chi connectivity index (χ4n) is 6.18. The van der Waals surface area contributed by atoms with Crippen molar-refractivity contribution in [3.63, 3.8) is 0 Å². The normalized spacial score (nSPS) is 12.4. The SMILES string of the molecule is CCCCCCCCCCCCCCCCCCCC(O)COC(c1ccccc1)(c1ccccc1)c1ccccc1. The van der Waals surface area contributed by atoms with Gasteiger partial charge < -0.3 is 9.84 Å².